The second kappa shape index (κ2) is 17.2. The van der Waals surface area contributed by atoms with Gasteiger partial charge in [-0.05, 0) is 42.4 Å². The summed E-state index contributed by atoms with van der Waals surface area (Å²) in [6.45, 7) is 17.4. The fraction of sp³-hybridized carbons (Fsp3) is 0.537. The van der Waals surface area contributed by atoms with E-state index in [-0.39, 0.29) is 17.6 Å². The zero-order valence-corrected chi connectivity index (χ0v) is 31.8. The molecule has 0 bridgehead atoms. The van der Waals surface area contributed by atoms with Crippen LogP contribution in [0.2, 0.25) is 0 Å². The Morgan fingerprint density at radius 3 is 1.81 bits per heavy atom. The predicted molar refractivity (Wildman–Crippen MR) is 197 cm³/mol. The van der Waals surface area contributed by atoms with Crippen LogP contribution in [0.1, 0.15) is 73.7 Å². The molecule has 3 aromatic carbocycles. The topological polar surface area (TPSA) is 108 Å². The van der Waals surface area contributed by atoms with Crippen molar-refractivity contribution < 1.29 is 43.1 Å². The summed E-state index contributed by atoms with van der Waals surface area (Å²) >= 11 is 0. The van der Waals surface area contributed by atoms with Crippen LogP contribution in [0.4, 0.5) is 0 Å². The summed E-state index contributed by atoms with van der Waals surface area (Å²) in [5.41, 5.74) is 2.38. The number of benzene rings is 3. The Hall–Kier alpha value is -3.39. The Kier molecular flexibility index (Phi) is 13.1. The van der Waals surface area contributed by atoms with Crippen molar-refractivity contribution in [2.75, 3.05) is 80.7 Å². The van der Waals surface area contributed by atoms with Crippen LogP contribution in [-0.4, -0.2) is 102 Å². The van der Waals surface area contributed by atoms with Crippen LogP contribution in [0, 0.1) is 10.8 Å². The monoisotopic (exact) mass is 720 g/mol. The smallest absolute Gasteiger partial charge is 0.188 e. The molecule has 1 N–H and O–H groups in total. The second-order valence-electron chi connectivity index (χ2n) is 15.5. The predicted octanol–water partition coefficient (Wildman–Crippen LogP) is 5.67. The van der Waals surface area contributed by atoms with E-state index >= 15 is 0 Å². The Labute approximate surface area is 308 Å². The van der Waals surface area contributed by atoms with E-state index in [4.69, 9.17) is 38.0 Å². The molecule has 284 valence electrons. The maximum absolute atomic E-state index is 13.6. The van der Waals surface area contributed by atoms with Gasteiger partial charge in [0, 0.05) is 72.9 Å². The Bertz CT molecular complexity index is 1600. The number of rotatable bonds is 11. The maximum atomic E-state index is 13.6. The van der Waals surface area contributed by atoms with Gasteiger partial charge in [0.05, 0.1) is 33.5 Å². The number of hydrogen-bond acceptors (Lipinski definition) is 11. The number of aliphatic hydroxyl groups is 1. The van der Waals surface area contributed by atoms with Gasteiger partial charge in [-0.2, -0.15) is 0 Å². The standard InChI is InChI=1S/C40H54N2O8.CH2O/c1-38(2)23-46-36(47-24-38)29-11-13-34(45-7)32(20-29)40(43,31-10-8-9-28(19-31)22-42-17-15-41(5)16-18-42)33-21-30(12-14-35(33)50-27-44-6)37-48-25-39(3,4)26-49-37;1-2/h8-14,19-21,36-37,43H,15-18,22-27H2,1-7H3;1H2. The minimum Gasteiger partial charge on any atom is -0.496 e. The van der Waals surface area contributed by atoms with Crippen molar-refractivity contribution in [3.8, 4) is 11.5 Å². The van der Waals surface area contributed by atoms with Gasteiger partial charge in [-0.3, -0.25) is 4.90 Å². The molecule has 3 heterocycles. The summed E-state index contributed by atoms with van der Waals surface area (Å²) in [5.74, 6) is 0.963. The fourth-order valence-electron chi connectivity index (χ4n) is 6.76. The van der Waals surface area contributed by atoms with Gasteiger partial charge in [-0.15, -0.1) is 0 Å². The lowest BCUT2D eigenvalue weighted by Crippen LogP contribution is -2.43. The molecule has 0 amide bonds. The first-order valence-electron chi connectivity index (χ1n) is 17.8. The molecule has 11 heteroatoms. The van der Waals surface area contributed by atoms with E-state index < -0.39 is 18.2 Å². The normalized spacial score (nSPS) is 21.1. The van der Waals surface area contributed by atoms with Crippen molar-refractivity contribution in [2.45, 2.75) is 52.4 Å². The van der Waals surface area contributed by atoms with Crippen LogP contribution in [0.15, 0.2) is 60.7 Å². The first-order valence-corrected chi connectivity index (χ1v) is 17.8. The van der Waals surface area contributed by atoms with E-state index in [1.165, 1.54) is 0 Å². The molecule has 1 unspecified atom stereocenters. The Morgan fingerprint density at radius 1 is 0.769 bits per heavy atom. The van der Waals surface area contributed by atoms with Crippen molar-refractivity contribution in [1.29, 1.82) is 0 Å². The van der Waals surface area contributed by atoms with Crippen molar-refractivity contribution in [3.05, 3.63) is 94.0 Å². The van der Waals surface area contributed by atoms with E-state index in [9.17, 15) is 5.11 Å². The molecule has 1 atom stereocenters. The minimum atomic E-state index is -1.76. The van der Waals surface area contributed by atoms with Crippen molar-refractivity contribution in [2.24, 2.45) is 10.8 Å². The third-order valence-electron chi connectivity index (χ3n) is 9.73. The summed E-state index contributed by atoms with van der Waals surface area (Å²) < 4.78 is 42.4. The molecule has 0 spiro atoms. The van der Waals surface area contributed by atoms with Crippen molar-refractivity contribution in [3.63, 3.8) is 0 Å². The number of carbonyl (C=O) groups is 1. The van der Waals surface area contributed by atoms with Crippen molar-refractivity contribution in [1.82, 2.24) is 9.80 Å². The van der Waals surface area contributed by atoms with E-state index in [1.54, 1.807) is 14.2 Å². The minimum absolute atomic E-state index is 0.00674. The number of methoxy groups -OCH3 is 2. The number of piperazine rings is 1. The first-order chi connectivity index (χ1) is 24.9. The van der Waals surface area contributed by atoms with Crippen LogP contribution in [0.3, 0.4) is 0 Å². The van der Waals surface area contributed by atoms with Gasteiger partial charge < -0.3 is 48.0 Å². The number of ether oxygens (including phenoxy) is 7. The number of carbonyl (C=O) groups excluding carboxylic acids is 1. The van der Waals surface area contributed by atoms with Gasteiger partial charge in [-0.25, -0.2) is 0 Å². The Balaban J connectivity index is 0.00000257. The molecular weight excluding hydrogens is 664 g/mol. The van der Waals surface area contributed by atoms with Gasteiger partial charge in [0.25, 0.3) is 0 Å². The van der Waals surface area contributed by atoms with Crippen LogP contribution in [-0.2, 0) is 40.6 Å². The molecule has 52 heavy (non-hydrogen) atoms. The van der Waals surface area contributed by atoms with Crippen LogP contribution in [0.5, 0.6) is 11.5 Å². The highest BCUT2D eigenvalue weighted by Crippen LogP contribution is 2.47. The summed E-state index contributed by atoms with van der Waals surface area (Å²) in [7, 11) is 5.35. The van der Waals surface area contributed by atoms with Crippen molar-refractivity contribution >= 4 is 6.79 Å². The van der Waals surface area contributed by atoms with Crippen LogP contribution in [0.25, 0.3) is 0 Å². The molecular formula is C41H56N2O9. The molecule has 0 aliphatic carbocycles. The Morgan fingerprint density at radius 2 is 1.29 bits per heavy atom. The molecule has 3 fully saturated rings. The second-order valence-corrected chi connectivity index (χ2v) is 15.5. The molecule has 0 aromatic heterocycles. The lowest BCUT2D eigenvalue weighted by molar-refractivity contribution is -0.226. The molecule has 3 aromatic rings. The molecule has 3 aliphatic heterocycles. The number of hydrogen-bond donors (Lipinski definition) is 1. The van der Waals surface area contributed by atoms with E-state index in [1.807, 2.05) is 55.3 Å². The lowest BCUT2D eigenvalue weighted by Gasteiger charge is -2.37. The van der Waals surface area contributed by atoms with Gasteiger partial charge >= 0.3 is 0 Å². The van der Waals surface area contributed by atoms with Crippen LogP contribution < -0.4 is 9.47 Å². The summed E-state index contributed by atoms with van der Waals surface area (Å²) in [4.78, 5) is 12.8. The molecule has 6 rings (SSSR count). The van der Waals surface area contributed by atoms with E-state index in [2.05, 4.69) is 56.7 Å². The quantitative estimate of drug-likeness (QED) is 0.196. The summed E-state index contributed by atoms with van der Waals surface area (Å²) in [5, 5.41) is 13.6. The molecule has 0 radical (unpaired) electrons. The first kappa shape index (κ1) is 39.8. The maximum Gasteiger partial charge on any atom is 0.188 e. The third kappa shape index (κ3) is 9.21. The van der Waals surface area contributed by atoms with Gasteiger partial charge in [-0.1, -0.05) is 64.1 Å². The number of likely N-dealkylation sites (N-methyl/N-ethyl adjacent to an activating group) is 1. The van der Waals surface area contributed by atoms with E-state index in [0.29, 0.717) is 54.6 Å². The highest BCUT2D eigenvalue weighted by molar-refractivity contribution is 5.58. The molecule has 3 saturated heterocycles. The van der Waals surface area contributed by atoms with Gasteiger partial charge in [0.1, 0.15) is 23.9 Å². The highest BCUT2D eigenvalue weighted by Gasteiger charge is 2.42. The molecule has 3 aliphatic rings. The average Bonchev–Trinajstić information content (AvgIpc) is 3.15. The zero-order chi connectivity index (χ0) is 37.5. The summed E-state index contributed by atoms with van der Waals surface area (Å²) in [6, 6.07) is 19.6. The molecule has 0 saturated carbocycles. The highest BCUT2D eigenvalue weighted by atomic mass is 16.7. The largest absolute Gasteiger partial charge is 0.496 e. The molecule has 11 nitrogen and oxygen atoms in total. The number of nitrogens with zero attached hydrogens (tertiary/aromatic N) is 2. The van der Waals surface area contributed by atoms with Gasteiger partial charge in [0.2, 0.25) is 0 Å². The zero-order valence-electron chi connectivity index (χ0n) is 31.8. The van der Waals surface area contributed by atoms with E-state index in [0.717, 1.165) is 49.4 Å². The van der Waals surface area contributed by atoms with Gasteiger partial charge in [0.15, 0.2) is 19.4 Å². The fourth-order valence-corrected chi connectivity index (χ4v) is 6.76. The van der Waals surface area contributed by atoms with Crippen LogP contribution >= 0.6 is 0 Å². The summed E-state index contributed by atoms with van der Waals surface area (Å²) in [6.07, 6.45) is -1.20. The lowest BCUT2D eigenvalue weighted by atomic mass is 9.77. The third-order valence-corrected chi connectivity index (χ3v) is 9.73. The SMILES string of the molecule is C=O.COCOc1ccc(C2OCC(C)(C)CO2)cc1C(O)(c1cccc(CN2CCN(C)CC2)c1)c1cc(C2OCC(C)(C)CO2)ccc1OC. The average molecular weight is 721 g/mol.